The molecule has 19 heavy (non-hydrogen) atoms. The third-order valence-electron chi connectivity index (χ3n) is 3.92. The Hall–Kier alpha value is -1.77. The molecule has 1 aromatic heterocycles. The molecule has 1 amide bonds. The maximum absolute atomic E-state index is 12.2. The van der Waals surface area contributed by atoms with E-state index in [1.54, 1.807) is 0 Å². The fourth-order valence-electron chi connectivity index (χ4n) is 2.92. The first kappa shape index (κ1) is 12.3. The highest BCUT2D eigenvalue weighted by Gasteiger charge is 2.22. The molecule has 1 N–H and O–H groups in total. The summed E-state index contributed by atoms with van der Waals surface area (Å²) in [6.45, 7) is 2.25. The smallest absolute Gasteiger partial charge is 0.287 e. The number of carbonyl (C=O) groups excluding carboxylic acids is 1. The van der Waals surface area contributed by atoms with Gasteiger partial charge in [-0.3, -0.25) is 4.79 Å². The second-order valence-corrected chi connectivity index (χ2v) is 5.59. The molecule has 2 aromatic rings. The van der Waals surface area contributed by atoms with Gasteiger partial charge in [0.2, 0.25) is 0 Å². The number of nitrogens with one attached hydrogen (secondary N) is 1. The first-order chi connectivity index (χ1) is 9.22. The van der Waals surface area contributed by atoms with Crippen LogP contribution in [0.25, 0.3) is 11.0 Å². The minimum absolute atomic E-state index is 0.0877. The summed E-state index contributed by atoms with van der Waals surface area (Å²) in [6.07, 6.45) is 4.63. The molecule has 1 fully saturated rings. The topological polar surface area (TPSA) is 42.2 Å². The van der Waals surface area contributed by atoms with Gasteiger partial charge in [-0.05, 0) is 30.9 Å². The van der Waals surface area contributed by atoms with Gasteiger partial charge in [-0.2, -0.15) is 0 Å². The molecule has 1 saturated carbocycles. The van der Waals surface area contributed by atoms with Gasteiger partial charge in [0, 0.05) is 11.4 Å². The monoisotopic (exact) mass is 257 g/mol. The van der Waals surface area contributed by atoms with Gasteiger partial charge in [0.1, 0.15) is 5.58 Å². The van der Waals surface area contributed by atoms with Gasteiger partial charge in [0.05, 0.1) is 0 Å². The van der Waals surface area contributed by atoms with Crippen molar-refractivity contribution in [1.82, 2.24) is 5.32 Å². The number of amides is 1. The first-order valence-corrected chi connectivity index (χ1v) is 7.02. The number of rotatable bonds is 2. The molecule has 1 aliphatic carbocycles. The minimum atomic E-state index is -0.0877. The molecule has 0 saturated heterocycles. The molecule has 1 heterocycles. The van der Waals surface area contributed by atoms with Crippen LogP contribution in [0.3, 0.4) is 0 Å². The first-order valence-electron chi connectivity index (χ1n) is 7.02. The van der Waals surface area contributed by atoms with Gasteiger partial charge in [0.25, 0.3) is 5.91 Å². The lowest BCUT2D eigenvalue weighted by Gasteiger charge is -2.27. The van der Waals surface area contributed by atoms with Gasteiger partial charge >= 0.3 is 0 Å². The van der Waals surface area contributed by atoms with Gasteiger partial charge in [-0.15, -0.1) is 0 Å². The van der Waals surface area contributed by atoms with Gasteiger partial charge in [-0.25, -0.2) is 0 Å². The summed E-state index contributed by atoms with van der Waals surface area (Å²) in [5.74, 6) is 1.03. The lowest BCUT2D eigenvalue weighted by atomic mass is 9.87. The lowest BCUT2D eigenvalue weighted by Crippen LogP contribution is -2.37. The Morgan fingerprint density at radius 3 is 2.95 bits per heavy atom. The Morgan fingerprint density at radius 2 is 2.16 bits per heavy atom. The van der Waals surface area contributed by atoms with Crippen LogP contribution in [0.2, 0.25) is 0 Å². The van der Waals surface area contributed by atoms with E-state index in [-0.39, 0.29) is 5.91 Å². The standard InChI is InChI=1S/C16H19NO2/c1-11-5-4-7-13(9-11)17-16(18)15-10-12-6-2-3-8-14(12)19-15/h2-3,6,8,10-11,13H,4-5,7,9H2,1H3,(H,17,18). The van der Waals surface area contributed by atoms with Crippen molar-refractivity contribution in [2.75, 3.05) is 0 Å². The molecule has 3 heteroatoms. The van der Waals surface area contributed by atoms with Crippen LogP contribution in [0.1, 0.15) is 43.2 Å². The summed E-state index contributed by atoms with van der Waals surface area (Å²) >= 11 is 0. The van der Waals surface area contributed by atoms with Crippen molar-refractivity contribution >= 4 is 16.9 Å². The molecule has 1 aliphatic rings. The Balaban J connectivity index is 1.72. The van der Waals surface area contributed by atoms with E-state index in [4.69, 9.17) is 4.42 Å². The molecule has 0 aliphatic heterocycles. The van der Waals surface area contributed by atoms with Crippen LogP contribution in [0, 0.1) is 5.92 Å². The fraction of sp³-hybridized carbons (Fsp3) is 0.438. The molecular weight excluding hydrogens is 238 g/mol. The molecule has 100 valence electrons. The van der Waals surface area contributed by atoms with Crippen LogP contribution in [0.4, 0.5) is 0 Å². The molecule has 3 nitrogen and oxygen atoms in total. The van der Waals surface area contributed by atoms with Crippen LogP contribution in [-0.2, 0) is 0 Å². The van der Waals surface area contributed by atoms with E-state index >= 15 is 0 Å². The van der Waals surface area contributed by atoms with Crippen LogP contribution < -0.4 is 5.32 Å². The van der Waals surface area contributed by atoms with Crippen molar-refractivity contribution < 1.29 is 9.21 Å². The highest BCUT2D eigenvalue weighted by molar-refractivity contribution is 5.96. The molecule has 0 spiro atoms. The molecular formula is C16H19NO2. The fourth-order valence-corrected chi connectivity index (χ4v) is 2.92. The molecule has 0 bridgehead atoms. The third kappa shape index (κ3) is 2.65. The second kappa shape index (κ2) is 5.08. The zero-order chi connectivity index (χ0) is 13.2. The normalized spacial score (nSPS) is 23.4. The number of benzene rings is 1. The molecule has 3 rings (SSSR count). The van der Waals surface area contributed by atoms with Gasteiger partial charge in [0.15, 0.2) is 5.76 Å². The Kier molecular flexibility index (Phi) is 3.28. The summed E-state index contributed by atoms with van der Waals surface area (Å²) in [4.78, 5) is 12.2. The molecule has 2 atom stereocenters. The average Bonchev–Trinajstić information content (AvgIpc) is 2.82. The van der Waals surface area contributed by atoms with Crippen molar-refractivity contribution in [2.45, 2.75) is 38.6 Å². The maximum atomic E-state index is 12.2. The maximum Gasteiger partial charge on any atom is 0.287 e. The van der Waals surface area contributed by atoms with E-state index < -0.39 is 0 Å². The quantitative estimate of drug-likeness (QED) is 0.890. The number of fused-ring (bicyclic) bond motifs is 1. The number of hydrogen-bond acceptors (Lipinski definition) is 2. The third-order valence-corrected chi connectivity index (χ3v) is 3.92. The van der Waals surface area contributed by atoms with Crippen molar-refractivity contribution in [3.8, 4) is 0 Å². The summed E-state index contributed by atoms with van der Waals surface area (Å²) in [5.41, 5.74) is 0.768. The largest absolute Gasteiger partial charge is 0.451 e. The van der Waals surface area contributed by atoms with Crippen molar-refractivity contribution in [1.29, 1.82) is 0 Å². The minimum Gasteiger partial charge on any atom is -0.451 e. The predicted octanol–water partition coefficient (Wildman–Crippen LogP) is 3.74. The van der Waals surface area contributed by atoms with Crippen LogP contribution in [-0.4, -0.2) is 11.9 Å². The van der Waals surface area contributed by atoms with E-state index in [2.05, 4.69) is 12.2 Å². The molecule has 1 aromatic carbocycles. The number of para-hydroxylation sites is 1. The van der Waals surface area contributed by atoms with E-state index in [1.807, 2.05) is 30.3 Å². The average molecular weight is 257 g/mol. The zero-order valence-electron chi connectivity index (χ0n) is 11.2. The Bertz CT molecular complexity index is 554. The molecule has 2 unspecified atom stereocenters. The van der Waals surface area contributed by atoms with Crippen molar-refractivity contribution in [2.24, 2.45) is 5.92 Å². The Morgan fingerprint density at radius 1 is 1.32 bits per heavy atom. The highest BCUT2D eigenvalue weighted by Crippen LogP contribution is 2.24. The summed E-state index contributed by atoms with van der Waals surface area (Å²) < 4.78 is 5.59. The zero-order valence-corrected chi connectivity index (χ0v) is 11.2. The summed E-state index contributed by atoms with van der Waals surface area (Å²) in [7, 11) is 0. The van der Waals surface area contributed by atoms with E-state index in [9.17, 15) is 4.79 Å². The highest BCUT2D eigenvalue weighted by atomic mass is 16.3. The molecule has 0 radical (unpaired) electrons. The van der Waals surface area contributed by atoms with E-state index in [1.165, 1.54) is 12.8 Å². The van der Waals surface area contributed by atoms with Gasteiger partial charge in [-0.1, -0.05) is 38.0 Å². The predicted molar refractivity (Wildman–Crippen MR) is 75.1 cm³/mol. The van der Waals surface area contributed by atoms with Crippen LogP contribution in [0.15, 0.2) is 34.7 Å². The lowest BCUT2D eigenvalue weighted by molar-refractivity contribution is 0.0895. The number of hydrogen-bond donors (Lipinski definition) is 1. The number of carbonyl (C=O) groups is 1. The van der Waals surface area contributed by atoms with Crippen LogP contribution >= 0.6 is 0 Å². The van der Waals surface area contributed by atoms with Crippen molar-refractivity contribution in [3.63, 3.8) is 0 Å². The van der Waals surface area contributed by atoms with Crippen LogP contribution in [0.5, 0.6) is 0 Å². The van der Waals surface area contributed by atoms with E-state index in [0.29, 0.717) is 17.7 Å². The van der Waals surface area contributed by atoms with Gasteiger partial charge < -0.3 is 9.73 Å². The summed E-state index contributed by atoms with van der Waals surface area (Å²) in [5, 5.41) is 4.07. The van der Waals surface area contributed by atoms with Crippen molar-refractivity contribution in [3.05, 3.63) is 36.1 Å². The van der Waals surface area contributed by atoms with E-state index in [0.717, 1.165) is 23.8 Å². The second-order valence-electron chi connectivity index (χ2n) is 5.59. The number of furan rings is 1. The summed E-state index contributed by atoms with van der Waals surface area (Å²) in [6, 6.07) is 9.81. The Labute approximate surface area is 113 Å². The SMILES string of the molecule is CC1CCCC(NC(=O)c2cc3ccccc3o2)C1.